The molecular formula is C9H11ClO3S. The lowest BCUT2D eigenvalue weighted by atomic mass is 10.2. The van der Waals surface area contributed by atoms with E-state index in [2.05, 4.69) is 0 Å². The fourth-order valence-electron chi connectivity index (χ4n) is 1.35. The molecule has 1 unspecified atom stereocenters. The van der Waals surface area contributed by atoms with Crippen molar-refractivity contribution in [1.29, 1.82) is 0 Å². The van der Waals surface area contributed by atoms with Crippen molar-refractivity contribution in [3.05, 3.63) is 21.3 Å². The number of halogens is 1. The lowest BCUT2D eigenvalue weighted by molar-refractivity contribution is -0.0702. The van der Waals surface area contributed by atoms with Gasteiger partial charge in [-0.15, -0.1) is 11.3 Å². The van der Waals surface area contributed by atoms with Gasteiger partial charge in [0.05, 0.1) is 23.7 Å². The zero-order valence-electron chi connectivity index (χ0n) is 7.48. The van der Waals surface area contributed by atoms with Gasteiger partial charge in [0.2, 0.25) is 0 Å². The maximum absolute atomic E-state index is 9.79. The Morgan fingerprint density at radius 3 is 2.79 bits per heavy atom. The third kappa shape index (κ3) is 2.46. The molecule has 14 heavy (non-hydrogen) atoms. The molecule has 0 spiro atoms. The van der Waals surface area contributed by atoms with Gasteiger partial charge in [0.15, 0.2) is 6.29 Å². The number of ether oxygens (including phenoxy) is 2. The van der Waals surface area contributed by atoms with E-state index in [-0.39, 0.29) is 6.29 Å². The van der Waals surface area contributed by atoms with E-state index < -0.39 is 6.10 Å². The molecule has 1 aliphatic rings. The molecule has 1 aliphatic heterocycles. The third-order valence-electron chi connectivity index (χ3n) is 2.03. The summed E-state index contributed by atoms with van der Waals surface area (Å²) in [5.41, 5.74) is 0. The van der Waals surface area contributed by atoms with Crippen LogP contribution in [0.4, 0.5) is 0 Å². The maximum Gasteiger partial charge on any atom is 0.160 e. The number of rotatable bonds is 3. The van der Waals surface area contributed by atoms with Crippen LogP contribution in [0, 0.1) is 0 Å². The average molecular weight is 235 g/mol. The number of thiophene rings is 1. The van der Waals surface area contributed by atoms with Gasteiger partial charge >= 0.3 is 0 Å². The highest BCUT2D eigenvalue weighted by Gasteiger charge is 2.21. The topological polar surface area (TPSA) is 38.7 Å². The lowest BCUT2D eigenvalue weighted by Gasteiger charge is -2.12. The molecule has 5 heteroatoms. The Morgan fingerprint density at radius 2 is 2.21 bits per heavy atom. The zero-order chi connectivity index (χ0) is 9.97. The Balaban J connectivity index is 1.91. The van der Waals surface area contributed by atoms with Gasteiger partial charge in [0, 0.05) is 11.3 Å². The predicted octanol–water partition coefficient (Wildman–Crippen LogP) is 2.20. The van der Waals surface area contributed by atoms with E-state index in [0.717, 1.165) is 4.88 Å². The molecular weight excluding hydrogens is 224 g/mol. The zero-order valence-corrected chi connectivity index (χ0v) is 9.05. The Hall–Kier alpha value is -0.130. The van der Waals surface area contributed by atoms with Crippen LogP contribution in [0.25, 0.3) is 0 Å². The molecule has 1 saturated heterocycles. The van der Waals surface area contributed by atoms with Gasteiger partial charge in [-0.05, 0) is 12.1 Å². The van der Waals surface area contributed by atoms with E-state index in [9.17, 15) is 5.11 Å². The third-order valence-corrected chi connectivity index (χ3v) is 3.36. The molecule has 1 N–H and O–H groups in total. The van der Waals surface area contributed by atoms with Crippen molar-refractivity contribution in [2.75, 3.05) is 13.2 Å². The molecule has 0 aromatic carbocycles. The van der Waals surface area contributed by atoms with Crippen LogP contribution >= 0.6 is 22.9 Å². The molecule has 0 saturated carbocycles. The quantitative estimate of drug-likeness (QED) is 0.872. The van der Waals surface area contributed by atoms with Crippen molar-refractivity contribution in [3.63, 3.8) is 0 Å². The minimum atomic E-state index is -0.546. The van der Waals surface area contributed by atoms with Crippen molar-refractivity contribution in [2.24, 2.45) is 0 Å². The van der Waals surface area contributed by atoms with E-state index in [1.165, 1.54) is 11.3 Å². The van der Waals surface area contributed by atoms with Gasteiger partial charge in [0.1, 0.15) is 0 Å². The van der Waals surface area contributed by atoms with E-state index in [4.69, 9.17) is 21.1 Å². The molecule has 0 aliphatic carbocycles. The monoisotopic (exact) mass is 234 g/mol. The number of hydrogen-bond acceptors (Lipinski definition) is 4. The summed E-state index contributed by atoms with van der Waals surface area (Å²) in [6, 6.07) is 3.60. The highest BCUT2D eigenvalue weighted by Crippen LogP contribution is 2.30. The van der Waals surface area contributed by atoms with E-state index in [0.29, 0.717) is 24.0 Å². The van der Waals surface area contributed by atoms with Crippen LogP contribution in [0.5, 0.6) is 0 Å². The standard InChI is InChI=1S/C9H11ClO3S/c10-8-2-1-7(14-8)6(11)5-9-12-3-4-13-9/h1-2,6,9,11H,3-5H2. The smallest absolute Gasteiger partial charge is 0.160 e. The summed E-state index contributed by atoms with van der Waals surface area (Å²) in [6.07, 6.45) is -0.349. The molecule has 1 aromatic heterocycles. The normalized spacial score (nSPS) is 20.1. The molecule has 1 atom stereocenters. The fraction of sp³-hybridized carbons (Fsp3) is 0.556. The van der Waals surface area contributed by atoms with Crippen LogP contribution in [0.15, 0.2) is 12.1 Å². The second-order valence-corrected chi connectivity index (χ2v) is 4.81. The van der Waals surface area contributed by atoms with Gasteiger partial charge < -0.3 is 14.6 Å². The molecule has 2 heterocycles. The Kier molecular flexibility index (Phi) is 3.41. The Labute approximate surface area is 91.2 Å². The van der Waals surface area contributed by atoms with E-state index in [1.807, 2.05) is 6.07 Å². The van der Waals surface area contributed by atoms with Crippen molar-refractivity contribution in [1.82, 2.24) is 0 Å². The van der Waals surface area contributed by atoms with E-state index in [1.54, 1.807) is 6.07 Å². The summed E-state index contributed by atoms with van der Waals surface area (Å²) < 4.78 is 11.2. The predicted molar refractivity (Wildman–Crippen MR) is 54.6 cm³/mol. The summed E-state index contributed by atoms with van der Waals surface area (Å²) in [5, 5.41) is 9.79. The van der Waals surface area contributed by atoms with Crippen LogP contribution in [0.1, 0.15) is 17.4 Å². The molecule has 1 aromatic rings. The minimum absolute atomic E-state index is 0.272. The molecule has 1 fully saturated rings. The molecule has 0 amide bonds. The van der Waals surface area contributed by atoms with Crippen molar-refractivity contribution in [3.8, 4) is 0 Å². The summed E-state index contributed by atoms with van der Waals surface area (Å²) in [6.45, 7) is 1.23. The highest BCUT2D eigenvalue weighted by molar-refractivity contribution is 7.16. The Morgan fingerprint density at radius 1 is 1.50 bits per heavy atom. The molecule has 78 valence electrons. The minimum Gasteiger partial charge on any atom is -0.387 e. The van der Waals surface area contributed by atoms with Crippen molar-refractivity contribution in [2.45, 2.75) is 18.8 Å². The molecule has 3 nitrogen and oxygen atoms in total. The van der Waals surface area contributed by atoms with Crippen LogP contribution in [0.2, 0.25) is 4.34 Å². The second kappa shape index (κ2) is 4.59. The molecule has 0 bridgehead atoms. The average Bonchev–Trinajstić information content (AvgIpc) is 2.75. The molecule has 0 radical (unpaired) electrons. The number of aliphatic hydroxyl groups is 1. The first kappa shape index (κ1) is 10.4. The van der Waals surface area contributed by atoms with Crippen LogP contribution in [-0.4, -0.2) is 24.6 Å². The van der Waals surface area contributed by atoms with Crippen molar-refractivity contribution >= 4 is 22.9 Å². The lowest BCUT2D eigenvalue weighted by Crippen LogP contribution is -2.12. The van der Waals surface area contributed by atoms with Crippen LogP contribution in [-0.2, 0) is 9.47 Å². The largest absolute Gasteiger partial charge is 0.387 e. The summed E-state index contributed by atoms with van der Waals surface area (Å²) in [7, 11) is 0. The second-order valence-electron chi connectivity index (χ2n) is 3.06. The summed E-state index contributed by atoms with van der Waals surface area (Å²) in [4.78, 5) is 0.856. The van der Waals surface area contributed by atoms with Gasteiger partial charge in [-0.2, -0.15) is 0 Å². The number of hydrogen-bond donors (Lipinski definition) is 1. The summed E-state index contributed by atoms with van der Waals surface area (Å²) >= 11 is 7.15. The van der Waals surface area contributed by atoms with Crippen LogP contribution < -0.4 is 0 Å². The first-order valence-electron chi connectivity index (χ1n) is 4.42. The summed E-state index contributed by atoms with van der Waals surface area (Å²) in [5.74, 6) is 0. The van der Waals surface area contributed by atoms with Gasteiger partial charge in [-0.25, -0.2) is 0 Å². The van der Waals surface area contributed by atoms with Crippen LogP contribution in [0.3, 0.4) is 0 Å². The van der Waals surface area contributed by atoms with Gasteiger partial charge in [0.25, 0.3) is 0 Å². The molecule has 2 rings (SSSR count). The number of aliphatic hydroxyl groups excluding tert-OH is 1. The van der Waals surface area contributed by atoms with Gasteiger partial charge in [-0.1, -0.05) is 11.6 Å². The fourth-order valence-corrected chi connectivity index (χ4v) is 2.41. The maximum atomic E-state index is 9.79. The SMILES string of the molecule is OC(CC1OCCO1)c1ccc(Cl)s1. The van der Waals surface area contributed by atoms with E-state index >= 15 is 0 Å². The first-order valence-corrected chi connectivity index (χ1v) is 5.61. The Bertz CT molecular complexity index is 296. The first-order chi connectivity index (χ1) is 6.75. The van der Waals surface area contributed by atoms with Crippen molar-refractivity contribution < 1.29 is 14.6 Å². The van der Waals surface area contributed by atoms with Gasteiger partial charge in [-0.3, -0.25) is 0 Å². The highest BCUT2D eigenvalue weighted by atomic mass is 35.5.